The molecule has 1 aromatic rings. The molecule has 0 bridgehead atoms. The van der Waals surface area contributed by atoms with Crippen molar-refractivity contribution in [2.24, 2.45) is 5.92 Å². The number of ketones is 1. The van der Waals surface area contributed by atoms with Crippen LogP contribution < -0.4 is 5.32 Å². The lowest BCUT2D eigenvalue weighted by atomic mass is 9.86. The van der Waals surface area contributed by atoms with Crippen molar-refractivity contribution >= 4 is 11.9 Å². The normalized spacial score (nSPS) is 15.6. The van der Waals surface area contributed by atoms with E-state index in [2.05, 4.69) is 5.32 Å². The Kier molecular flexibility index (Phi) is 5.59. The van der Waals surface area contributed by atoms with Gasteiger partial charge >= 0.3 is 6.09 Å². The number of hydrogen-bond acceptors (Lipinski definition) is 3. The summed E-state index contributed by atoms with van der Waals surface area (Å²) in [5.74, 6) is 0.250. The molecule has 1 aromatic carbocycles. The van der Waals surface area contributed by atoms with Crippen LogP contribution in [0.2, 0.25) is 0 Å². The van der Waals surface area contributed by atoms with Crippen LogP contribution in [0.5, 0.6) is 0 Å². The average molecular weight is 275 g/mol. The fourth-order valence-corrected chi connectivity index (χ4v) is 2.50. The Morgan fingerprint density at radius 1 is 1.10 bits per heavy atom. The largest absolute Gasteiger partial charge is 0.445 e. The first-order valence-corrected chi connectivity index (χ1v) is 7.23. The van der Waals surface area contributed by atoms with E-state index < -0.39 is 6.09 Å². The van der Waals surface area contributed by atoms with Crippen LogP contribution in [0.15, 0.2) is 30.3 Å². The highest BCUT2D eigenvalue weighted by Crippen LogP contribution is 2.23. The van der Waals surface area contributed by atoms with E-state index in [9.17, 15) is 9.59 Å². The molecule has 2 rings (SSSR count). The van der Waals surface area contributed by atoms with E-state index in [0.717, 1.165) is 31.2 Å². The van der Waals surface area contributed by atoms with Crippen LogP contribution in [0.25, 0.3) is 0 Å². The molecule has 0 heterocycles. The van der Waals surface area contributed by atoms with Gasteiger partial charge in [-0.15, -0.1) is 0 Å². The maximum absolute atomic E-state index is 11.9. The zero-order valence-electron chi connectivity index (χ0n) is 11.6. The minimum Gasteiger partial charge on any atom is -0.445 e. The van der Waals surface area contributed by atoms with Crippen molar-refractivity contribution < 1.29 is 14.3 Å². The minimum absolute atomic E-state index is 0.0816. The zero-order chi connectivity index (χ0) is 14.2. The van der Waals surface area contributed by atoms with Crippen LogP contribution in [-0.2, 0) is 16.1 Å². The number of carbonyl (C=O) groups excluding carboxylic acids is 2. The fourth-order valence-electron chi connectivity index (χ4n) is 2.50. The van der Waals surface area contributed by atoms with Crippen LogP contribution in [0, 0.1) is 5.92 Å². The van der Waals surface area contributed by atoms with Crippen molar-refractivity contribution in [1.82, 2.24) is 5.32 Å². The summed E-state index contributed by atoms with van der Waals surface area (Å²) < 4.78 is 5.06. The lowest BCUT2D eigenvalue weighted by molar-refractivity contribution is -0.122. The van der Waals surface area contributed by atoms with E-state index in [0.29, 0.717) is 0 Å². The number of nitrogens with one attached hydrogen (secondary N) is 1. The maximum atomic E-state index is 11.9. The summed E-state index contributed by atoms with van der Waals surface area (Å²) >= 11 is 0. The van der Waals surface area contributed by atoms with Gasteiger partial charge in [-0.05, 0) is 18.4 Å². The Bertz CT molecular complexity index is 438. The van der Waals surface area contributed by atoms with Crippen LogP contribution in [0.1, 0.15) is 37.7 Å². The third kappa shape index (κ3) is 4.68. The lowest BCUT2D eigenvalue weighted by Crippen LogP contribution is -2.33. The number of alkyl carbamates (subject to hydrolysis) is 1. The van der Waals surface area contributed by atoms with Gasteiger partial charge in [-0.25, -0.2) is 4.79 Å². The van der Waals surface area contributed by atoms with Crippen molar-refractivity contribution in [2.75, 3.05) is 6.54 Å². The molecule has 0 aromatic heterocycles. The molecule has 1 aliphatic rings. The molecule has 1 fully saturated rings. The SMILES string of the molecule is O=C(NCC(=O)C1CCCCC1)OCc1ccccc1. The van der Waals surface area contributed by atoms with E-state index in [1.54, 1.807) is 0 Å². The van der Waals surface area contributed by atoms with Crippen molar-refractivity contribution in [3.63, 3.8) is 0 Å². The van der Waals surface area contributed by atoms with Gasteiger partial charge in [0, 0.05) is 5.92 Å². The first kappa shape index (κ1) is 14.6. The number of ether oxygens (including phenoxy) is 1. The second kappa shape index (κ2) is 7.68. The van der Waals surface area contributed by atoms with Gasteiger partial charge in [0.05, 0.1) is 6.54 Å². The second-order valence-corrected chi connectivity index (χ2v) is 5.22. The number of rotatable bonds is 5. The predicted octanol–water partition coefficient (Wildman–Crippen LogP) is 3.06. The molecule has 0 radical (unpaired) electrons. The highest BCUT2D eigenvalue weighted by molar-refractivity contribution is 5.85. The molecule has 1 N–H and O–H groups in total. The molecule has 1 saturated carbocycles. The first-order valence-electron chi connectivity index (χ1n) is 7.23. The Hall–Kier alpha value is -1.84. The van der Waals surface area contributed by atoms with Gasteiger partial charge in [-0.1, -0.05) is 49.6 Å². The maximum Gasteiger partial charge on any atom is 0.407 e. The summed E-state index contributed by atoms with van der Waals surface area (Å²) in [6.07, 6.45) is 4.84. The van der Waals surface area contributed by atoms with Gasteiger partial charge in [0.25, 0.3) is 0 Å². The van der Waals surface area contributed by atoms with Crippen molar-refractivity contribution in [1.29, 1.82) is 0 Å². The number of benzene rings is 1. The Labute approximate surface area is 119 Å². The van der Waals surface area contributed by atoms with Gasteiger partial charge < -0.3 is 10.1 Å². The second-order valence-electron chi connectivity index (χ2n) is 5.22. The molecule has 0 spiro atoms. The summed E-state index contributed by atoms with van der Waals surface area (Å²) in [5, 5.41) is 2.54. The quantitative estimate of drug-likeness (QED) is 0.898. The molecular formula is C16H21NO3. The Morgan fingerprint density at radius 3 is 2.50 bits per heavy atom. The topological polar surface area (TPSA) is 55.4 Å². The van der Waals surface area contributed by atoms with Gasteiger partial charge in [0.15, 0.2) is 5.78 Å². The molecule has 4 heteroatoms. The van der Waals surface area contributed by atoms with Crippen molar-refractivity contribution in [3.8, 4) is 0 Å². The lowest BCUT2D eigenvalue weighted by Gasteiger charge is -2.20. The predicted molar refractivity (Wildman–Crippen MR) is 76.2 cm³/mol. The number of Topliss-reactive ketones (excluding diaryl/α,β-unsaturated/α-hetero) is 1. The van der Waals surface area contributed by atoms with Crippen molar-refractivity contribution in [3.05, 3.63) is 35.9 Å². The van der Waals surface area contributed by atoms with Gasteiger partial charge in [-0.2, -0.15) is 0 Å². The first-order chi connectivity index (χ1) is 9.75. The number of amides is 1. The number of hydrogen-bond donors (Lipinski definition) is 1. The molecule has 0 unspecified atom stereocenters. The average Bonchev–Trinajstić information content (AvgIpc) is 2.52. The smallest absolute Gasteiger partial charge is 0.407 e. The number of carbonyl (C=O) groups is 2. The molecule has 0 saturated heterocycles. The monoisotopic (exact) mass is 275 g/mol. The standard InChI is InChI=1S/C16H21NO3/c18-15(14-9-5-2-6-10-14)11-17-16(19)20-12-13-7-3-1-4-8-13/h1,3-4,7-8,14H,2,5-6,9-12H2,(H,17,19). The molecule has 108 valence electrons. The summed E-state index contributed by atoms with van der Waals surface area (Å²) in [4.78, 5) is 23.4. The summed E-state index contributed by atoms with van der Waals surface area (Å²) in [7, 11) is 0. The van der Waals surface area contributed by atoms with Crippen LogP contribution in [-0.4, -0.2) is 18.4 Å². The third-order valence-electron chi connectivity index (χ3n) is 3.68. The summed E-state index contributed by atoms with van der Waals surface area (Å²) in [6, 6.07) is 9.47. The van der Waals surface area contributed by atoms with E-state index in [4.69, 9.17) is 4.74 Å². The van der Waals surface area contributed by atoms with Gasteiger partial charge in [0.1, 0.15) is 6.61 Å². The van der Waals surface area contributed by atoms with Crippen LogP contribution in [0.3, 0.4) is 0 Å². The highest BCUT2D eigenvalue weighted by atomic mass is 16.5. The van der Waals surface area contributed by atoms with Crippen molar-refractivity contribution in [2.45, 2.75) is 38.7 Å². The van der Waals surface area contributed by atoms with Gasteiger partial charge in [0.2, 0.25) is 0 Å². The van der Waals surface area contributed by atoms with Crippen LogP contribution in [0.4, 0.5) is 4.79 Å². The minimum atomic E-state index is -0.530. The molecule has 0 atom stereocenters. The fraction of sp³-hybridized carbons (Fsp3) is 0.500. The summed E-state index contributed by atoms with van der Waals surface area (Å²) in [6.45, 7) is 0.308. The zero-order valence-corrected chi connectivity index (χ0v) is 11.6. The highest BCUT2D eigenvalue weighted by Gasteiger charge is 2.21. The molecule has 20 heavy (non-hydrogen) atoms. The molecule has 1 aliphatic carbocycles. The Balaban J connectivity index is 1.65. The Morgan fingerprint density at radius 2 is 1.80 bits per heavy atom. The van der Waals surface area contributed by atoms with Gasteiger partial charge in [-0.3, -0.25) is 4.79 Å². The molecule has 4 nitrogen and oxygen atoms in total. The van der Waals surface area contributed by atoms with E-state index in [1.807, 2.05) is 30.3 Å². The third-order valence-corrected chi connectivity index (χ3v) is 3.68. The molecule has 1 amide bonds. The van der Waals surface area contributed by atoms with E-state index in [-0.39, 0.29) is 24.9 Å². The summed E-state index contributed by atoms with van der Waals surface area (Å²) in [5.41, 5.74) is 0.932. The van der Waals surface area contributed by atoms with E-state index >= 15 is 0 Å². The molecular weight excluding hydrogens is 254 g/mol. The molecule has 0 aliphatic heterocycles. The van der Waals surface area contributed by atoms with E-state index in [1.165, 1.54) is 6.42 Å². The van der Waals surface area contributed by atoms with Crippen LogP contribution >= 0.6 is 0 Å².